The number of likely N-dealkylation sites (N-methyl/N-ethyl adjacent to an activating group) is 1. The van der Waals surface area contributed by atoms with E-state index in [2.05, 4.69) is 42.9 Å². The molecule has 0 amide bonds. The van der Waals surface area contributed by atoms with E-state index in [1.807, 2.05) is 13.1 Å². The largest absolute Gasteiger partial charge is 0.373 e. The zero-order valence-electron chi connectivity index (χ0n) is 13.2. The van der Waals surface area contributed by atoms with Crippen molar-refractivity contribution < 1.29 is 4.74 Å². The highest BCUT2D eigenvalue weighted by Crippen LogP contribution is 2.26. The van der Waals surface area contributed by atoms with Gasteiger partial charge in [0.2, 0.25) is 0 Å². The molecule has 5 nitrogen and oxygen atoms in total. The second-order valence-corrected chi connectivity index (χ2v) is 6.25. The van der Waals surface area contributed by atoms with E-state index >= 15 is 0 Å². The van der Waals surface area contributed by atoms with Crippen molar-refractivity contribution in [3.05, 3.63) is 17.6 Å². The summed E-state index contributed by atoms with van der Waals surface area (Å²) in [6, 6.07) is 2.02. The molecule has 0 aliphatic carbocycles. The predicted molar refractivity (Wildman–Crippen MR) is 81.1 cm³/mol. The number of ether oxygens (including phenoxy) is 1. The molecular formula is C15H26N4O. The lowest BCUT2D eigenvalue weighted by molar-refractivity contribution is -0.0326. The fraction of sp³-hybridized carbons (Fsp3) is 0.733. The van der Waals surface area contributed by atoms with Gasteiger partial charge in [0.15, 0.2) is 5.82 Å². The third-order valence-electron chi connectivity index (χ3n) is 3.65. The van der Waals surface area contributed by atoms with Crippen molar-refractivity contribution in [2.75, 3.05) is 38.6 Å². The highest BCUT2D eigenvalue weighted by atomic mass is 16.5. The number of rotatable bonds is 3. The first kappa shape index (κ1) is 15.2. The molecule has 0 radical (unpaired) electrons. The summed E-state index contributed by atoms with van der Waals surface area (Å²) >= 11 is 0. The average molecular weight is 278 g/mol. The van der Waals surface area contributed by atoms with Crippen LogP contribution < -0.4 is 5.32 Å². The molecule has 1 saturated heterocycles. The molecule has 20 heavy (non-hydrogen) atoms. The molecule has 1 aliphatic heterocycles. The van der Waals surface area contributed by atoms with Gasteiger partial charge in [-0.05, 0) is 6.54 Å². The number of nitrogens with one attached hydrogen (secondary N) is 1. The summed E-state index contributed by atoms with van der Waals surface area (Å²) in [5.41, 5.74) is 1.05. The Balaban J connectivity index is 2.30. The first-order valence-corrected chi connectivity index (χ1v) is 7.35. The van der Waals surface area contributed by atoms with Gasteiger partial charge < -0.3 is 10.1 Å². The zero-order valence-corrected chi connectivity index (χ0v) is 13.2. The number of hydrogen-bond acceptors (Lipinski definition) is 5. The second-order valence-electron chi connectivity index (χ2n) is 6.25. The Kier molecular flexibility index (Phi) is 4.60. The molecule has 0 spiro atoms. The van der Waals surface area contributed by atoms with Crippen LogP contribution in [0.15, 0.2) is 6.07 Å². The average Bonchev–Trinajstić information content (AvgIpc) is 2.46. The molecule has 1 fully saturated rings. The van der Waals surface area contributed by atoms with Gasteiger partial charge in [-0.1, -0.05) is 27.7 Å². The first-order valence-electron chi connectivity index (χ1n) is 7.35. The van der Waals surface area contributed by atoms with Crippen LogP contribution in [0.3, 0.4) is 0 Å². The van der Waals surface area contributed by atoms with Gasteiger partial charge in [-0.2, -0.15) is 0 Å². The fourth-order valence-electron chi connectivity index (χ4n) is 2.27. The Morgan fingerprint density at radius 1 is 1.40 bits per heavy atom. The molecule has 1 atom stereocenters. The van der Waals surface area contributed by atoms with Gasteiger partial charge in [0, 0.05) is 31.6 Å². The highest BCUT2D eigenvalue weighted by Gasteiger charge is 2.26. The normalized spacial score (nSPS) is 20.9. The molecule has 1 N–H and O–H groups in total. The van der Waals surface area contributed by atoms with E-state index in [4.69, 9.17) is 9.72 Å². The number of nitrogens with zero attached hydrogens (tertiary/aromatic N) is 3. The summed E-state index contributed by atoms with van der Waals surface area (Å²) in [5.74, 6) is 1.65. The second kappa shape index (κ2) is 6.06. The van der Waals surface area contributed by atoms with Crippen molar-refractivity contribution in [3.63, 3.8) is 0 Å². The van der Waals surface area contributed by atoms with Crippen LogP contribution in [-0.4, -0.2) is 48.2 Å². The van der Waals surface area contributed by atoms with Crippen LogP contribution in [0.1, 0.15) is 45.3 Å². The molecule has 5 heteroatoms. The van der Waals surface area contributed by atoms with Crippen LogP contribution in [0.2, 0.25) is 0 Å². The van der Waals surface area contributed by atoms with E-state index in [9.17, 15) is 0 Å². The van der Waals surface area contributed by atoms with Crippen LogP contribution in [0.25, 0.3) is 0 Å². The van der Waals surface area contributed by atoms with Crippen LogP contribution in [0, 0.1) is 0 Å². The van der Waals surface area contributed by atoms with E-state index < -0.39 is 0 Å². The minimum Gasteiger partial charge on any atom is -0.373 e. The van der Waals surface area contributed by atoms with Crippen LogP contribution in [0.5, 0.6) is 0 Å². The number of anilines is 1. The Morgan fingerprint density at radius 3 is 2.75 bits per heavy atom. The quantitative estimate of drug-likeness (QED) is 0.918. The number of hydrogen-bond donors (Lipinski definition) is 1. The molecule has 1 unspecified atom stereocenters. The van der Waals surface area contributed by atoms with Crippen molar-refractivity contribution in [1.82, 2.24) is 14.9 Å². The van der Waals surface area contributed by atoms with Crippen molar-refractivity contribution >= 4 is 5.82 Å². The Bertz CT molecular complexity index is 456. The van der Waals surface area contributed by atoms with E-state index in [0.29, 0.717) is 0 Å². The van der Waals surface area contributed by atoms with E-state index in [1.54, 1.807) is 0 Å². The summed E-state index contributed by atoms with van der Waals surface area (Å²) in [7, 11) is 1.89. The molecule has 112 valence electrons. The molecule has 1 aliphatic rings. The van der Waals surface area contributed by atoms with E-state index in [1.165, 1.54) is 0 Å². The van der Waals surface area contributed by atoms with E-state index in [-0.39, 0.29) is 11.5 Å². The van der Waals surface area contributed by atoms with Gasteiger partial charge in [0.25, 0.3) is 0 Å². The summed E-state index contributed by atoms with van der Waals surface area (Å²) in [6.07, 6.45) is -0.0295. The molecule has 0 saturated carbocycles. The molecule has 1 aromatic rings. The summed E-state index contributed by atoms with van der Waals surface area (Å²) in [5, 5.41) is 3.12. The van der Waals surface area contributed by atoms with Gasteiger partial charge in [-0.15, -0.1) is 0 Å². The van der Waals surface area contributed by atoms with Gasteiger partial charge >= 0.3 is 0 Å². The maximum Gasteiger partial charge on any atom is 0.161 e. The highest BCUT2D eigenvalue weighted by molar-refractivity contribution is 5.37. The maximum atomic E-state index is 5.87. The molecule has 1 aromatic heterocycles. The van der Waals surface area contributed by atoms with E-state index in [0.717, 1.165) is 43.6 Å². The van der Waals surface area contributed by atoms with Gasteiger partial charge in [-0.3, -0.25) is 4.90 Å². The summed E-state index contributed by atoms with van der Waals surface area (Å²) in [4.78, 5) is 11.7. The lowest BCUT2D eigenvalue weighted by Crippen LogP contribution is -2.38. The smallest absolute Gasteiger partial charge is 0.161 e. The lowest BCUT2D eigenvalue weighted by Gasteiger charge is -2.31. The number of aromatic nitrogens is 2. The SMILES string of the molecule is CCN1CCOC(c2nc(NC)cc(C(C)(C)C)n2)C1. The van der Waals surface area contributed by atoms with Crippen molar-refractivity contribution in [2.24, 2.45) is 0 Å². The molecular weight excluding hydrogens is 252 g/mol. The topological polar surface area (TPSA) is 50.3 Å². The molecule has 0 aromatic carbocycles. The minimum absolute atomic E-state index is 0.00238. The first-order chi connectivity index (χ1) is 9.44. The molecule has 2 rings (SSSR count). The molecule has 2 heterocycles. The van der Waals surface area contributed by atoms with Gasteiger partial charge in [0.05, 0.1) is 12.3 Å². The summed E-state index contributed by atoms with van der Waals surface area (Å²) in [6.45, 7) is 12.3. The third kappa shape index (κ3) is 3.46. The Morgan fingerprint density at radius 2 is 2.15 bits per heavy atom. The predicted octanol–water partition coefficient (Wildman–Crippen LogP) is 2.21. The van der Waals surface area contributed by atoms with Gasteiger partial charge in [0.1, 0.15) is 11.9 Å². The standard InChI is InChI=1S/C15H26N4O/c1-6-19-7-8-20-11(10-19)14-17-12(15(2,3)4)9-13(16-5)18-14/h9,11H,6-8,10H2,1-5H3,(H,16,17,18). The fourth-order valence-corrected chi connectivity index (χ4v) is 2.27. The van der Waals surface area contributed by atoms with Crippen LogP contribution >= 0.6 is 0 Å². The third-order valence-corrected chi connectivity index (χ3v) is 3.65. The Hall–Kier alpha value is -1.20. The minimum atomic E-state index is -0.0295. The van der Waals surface area contributed by atoms with Crippen LogP contribution in [-0.2, 0) is 10.2 Å². The number of morpholine rings is 1. The monoisotopic (exact) mass is 278 g/mol. The van der Waals surface area contributed by atoms with Crippen molar-refractivity contribution in [1.29, 1.82) is 0 Å². The maximum absolute atomic E-state index is 5.87. The lowest BCUT2D eigenvalue weighted by atomic mass is 9.92. The zero-order chi connectivity index (χ0) is 14.8. The summed E-state index contributed by atoms with van der Waals surface area (Å²) < 4.78 is 5.87. The van der Waals surface area contributed by atoms with Crippen molar-refractivity contribution in [2.45, 2.75) is 39.2 Å². The van der Waals surface area contributed by atoms with Crippen LogP contribution in [0.4, 0.5) is 5.82 Å². The molecule has 0 bridgehead atoms. The van der Waals surface area contributed by atoms with Crippen molar-refractivity contribution in [3.8, 4) is 0 Å². The Labute approximate surface area is 121 Å². The van der Waals surface area contributed by atoms with Gasteiger partial charge in [-0.25, -0.2) is 9.97 Å².